The van der Waals surface area contributed by atoms with Gasteiger partial charge >= 0.3 is 22.4 Å². The SMILES string of the molecule is [Au+].[CH2-]CCO. The summed E-state index contributed by atoms with van der Waals surface area (Å²) < 4.78 is 0. The molecule has 0 spiro atoms. The molecule has 0 aliphatic carbocycles. The summed E-state index contributed by atoms with van der Waals surface area (Å²) in [6.07, 6.45) is 0.625. The van der Waals surface area contributed by atoms with Crippen molar-refractivity contribution in [2.24, 2.45) is 0 Å². The Morgan fingerprint density at radius 1 is 1.60 bits per heavy atom. The molecule has 1 nitrogen and oxygen atoms in total. The topological polar surface area (TPSA) is 20.2 Å². The van der Waals surface area contributed by atoms with Gasteiger partial charge in [-0.05, 0) is 0 Å². The largest absolute Gasteiger partial charge is 1.00 e. The first-order chi connectivity index (χ1) is 1.91. The molecule has 0 heterocycles. The van der Waals surface area contributed by atoms with E-state index in [1.54, 1.807) is 0 Å². The van der Waals surface area contributed by atoms with Gasteiger partial charge in [-0.15, -0.1) is 0 Å². The van der Waals surface area contributed by atoms with Crippen LogP contribution in [0.4, 0.5) is 0 Å². The first-order valence-corrected chi connectivity index (χ1v) is 1.32. The van der Waals surface area contributed by atoms with Crippen LogP contribution in [-0.4, -0.2) is 11.7 Å². The molecule has 0 aromatic rings. The number of aliphatic hydroxyl groups is 1. The zero-order valence-electron chi connectivity index (χ0n) is 2.87. The fourth-order valence-corrected chi connectivity index (χ4v) is 0. The summed E-state index contributed by atoms with van der Waals surface area (Å²) in [5.41, 5.74) is 0. The molecular formula is C3H7AuO. The van der Waals surface area contributed by atoms with Gasteiger partial charge in [0.25, 0.3) is 0 Å². The molecule has 0 unspecified atom stereocenters. The van der Waals surface area contributed by atoms with Crippen molar-refractivity contribution in [2.75, 3.05) is 6.61 Å². The van der Waals surface area contributed by atoms with Crippen molar-refractivity contribution >= 4 is 0 Å². The number of aliphatic hydroxyl groups excluding tert-OH is 1. The van der Waals surface area contributed by atoms with Crippen LogP contribution in [0.2, 0.25) is 0 Å². The van der Waals surface area contributed by atoms with E-state index in [9.17, 15) is 0 Å². The van der Waals surface area contributed by atoms with E-state index in [4.69, 9.17) is 5.11 Å². The Bertz CT molecular complexity index is 8.85. The molecule has 0 aromatic carbocycles. The van der Waals surface area contributed by atoms with Crippen LogP contribution in [-0.2, 0) is 22.4 Å². The van der Waals surface area contributed by atoms with Crippen LogP contribution in [0.1, 0.15) is 6.42 Å². The molecule has 0 aromatic heterocycles. The van der Waals surface area contributed by atoms with Crippen LogP contribution in [0, 0.1) is 6.92 Å². The van der Waals surface area contributed by atoms with Crippen LogP contribution in [0.15, 0.2) is 0 Å². The standard InChI is InChI=1S/C3H7O.Au/c1-2-3-4;/h4H,1-3H2;/q-1;+1. The maximum atomic E-state index is 7.81. The summed E-state index contributed by atoms with van der Waals surface area (Å²) >= 11 is 0. The molecule has 1 N–H and O–H groups in total. The maximum Gasteiger partial charge on any atom is 1.00 e. The van der Waals surface area contributed by atoms with Gasteiger partial charge in [0.2, 0.25) is 0 Å². The van der Waals surface area contributed by atoms with Crippen LogP contribution in [0.25, 0.3) is 0 Å². The summed E-state index contributed by atoms with van der Waals surface area (Å²) in [5.74, 6) is 0. The summed E-state index contributed by atoms with van der Waals surface area (Å²) in [5, 5.41) is 7.81. The molecule has 0 bridgehead atoms. The van der Waals surface area contributed by atoms with E-state index in [1.807, 2.05) is 0 Å². The van der Waals surface area contributed by atoms with Crippen LogP contribution in [0.5, 0.6) is 0 Å². The molecule has 0 fully saturated rings. The monoisotopic (exact) mass is 256 g/mol. The van der Waals surface area contributed by atoms with Crippen molar-refractivity contribution in [2.45, 2.75) is 6.42 Å². The Kier molecular flexibility index (Phi) is 16.2. The van der Waals surface area contributed by atoms with Gasteiger partial charge in [-0.25, -0.2) is 0 Å². The quantitative estimate of drug-likeness (QED) is 0.525. The second-order valence-corrected chi connectivity index (χ2v) is 0.577. The van der Waals surface area contributed by atoms with Crippen molar-refractivity contribution in [1.29, 1.82) is 0 Å². The van der Waals surface area contributed by atoms with Gasteiger partial charge in [0, 0.05) is 6.61 Å². The Morgan fingerprint density at radius 2 is 1.80 bits per heavy atom. The molecule has 2 heteroatoms. The van der Waals surface area contributed by atoms with E-state index in [-0.39, 0.29) is 29.0 Å². The second kappa shape index (κ2) is 8.83. The van der Waals surface area contributed by atoms with Crippen molar-refractivity contribution in [3.05, 3.63) is 6.92 Å². The first kappa shape index (κ1) is 9.20. The molecule has 0 amide bonds. The minimum Gasteiger partial charge on any atom is -0.399 e. The fourth-order valence-electron chi connectivity index (χ4n) is 0. The van der Waals surface area contributed by atoms with E-state index in [0.29, 0.717) is 6.42 Å². The molecule has 0 aliphatic heterocycles. The average molecular weight is 256 g/mol. The summed E-state index contributed by atoms with van der Waals surface area (Å²) in [6.45, 7) is 3.56. The molecule has 0 radical (unpaired) electrons. The average Bonchev–Trinajstić information content (AvgIpc) is 1.37. The van der Waals surface area contributed by atoms with Crippen molar-refractivity contribution < 1.29 is 27.5 Å². The number of hydrogen-bond acceptors (Lipinski definition) is 1. The van der Waals surface area contributed by atoms with Crippen LogP contribution in [0.3, 0.4) is 0 Å². The smallest absolute Gasteiger partial charge is 0.399 e. The van der Waals surface area contributed by atoms with Gasteiger partial charge in [-0.1, -0.05) is 0 Å². The molecule has 0 rings (SSSR count). The zero-order valence-corrected chi connectivity index (χ0v) is 5.04. The third-order valence-corrected chi connectivity index (χ3v) is 0.158. The summed E-state index contributed by atoms with van der Waals surface area (Å²) in [4.78, 5) is 0. The summed E-state index contributed by atoms with van der Waals surface area (Å²) in [6, 6.07) is 0. The van der Waals surface area contributed by atoms with Crippen LogP contribution < -0.4 is 0 Å². The van der Waals surface area contributed by atoms with E-state index in [1.165, 1.54) is 0 Å². The second-order valence-electron chi connectivity index (χ2n) is 0.577. The van der Waals surface area contributed by atoms with Crippen LogP contribution >= 0.6 is 0 Å². The molecule has 36 valence electrons. The Labute approximate surface area is 47.9 Å². The van der Waals surface area contributed by atoms with Gasteiger partial charge in [0.15, 0.2) is 0 Å². The van der Waals surface area contributed by atoms with Gasteiger partial charge in [0.1, 0.15) is 0 Å². The van der Waals surface area contributed by atoms with Gasteiger partial charge in [0.05, 0.1) is 0 Å². The van der Waals surface area contributed by atoms with E-state index < -0.39 is 0 Å². The number of hydrogen-bond donors (Lipinski definition) is 1. The third-order valence-electron chi connectivity index (χ3n) is 0.158. The summed E-state index contributed by atoms with van der Waals surface area (Å²) in [7, 11) is 0. The van der Waals surface area contributed by atoms with E-state index in [2.05, 4.69) is 6.92 Å². The Morgan fingerprint density at radius 3 is 1.80 bits per heavy atom. The van der Waals surface area contributed by atoms with Crippen molar-refractivity contribution in [1.82, 2.24) is 0 Å². The maximum absolute atomic E-state index is 7.81. The zero-order chi connectivity index (χ0) is 3.41. The third kappa shape index (κ3) is 11.9. The van der Waals surface area contributed by atoms with Crippen molar-refractivity contribution in [3.8, 4) is 0 Å². The molecule has 0 saturated carbocycles. The number of rotatable bonds is 1. The predicted molar refractivity (Wildman–Crippen MR) is 17.1 cm³/mol. The first-order valence-electron chi connectivity index (χ1n) is 1.32. The molecule has 0 atom stereocenters. The minimum absolute atomic E-state index is 0. The molecule has 5 heavy (non-hydrogen) atoms. The molecular weight excluding hydrogens is 249 g/mol. The Balaban J connectivity index is 0. The molecule has 0 aliphatic rings. The Hall–Kier alpha value is 0.700. The normalized spacial score (nSPS) is 6.00. The fraction of sp³-hybridized carbons (Fsp3) is 0.667. The van der Waals surface area contributed by atoms with Gasteiger partial charge in [-0.3, -0.25) is 0 Å². The minimum atomic E-state index is 0. The predicted octanol–water partition coefficient (Wildman–Crippen LogP) is 0.200. The van der Waals surface area contributed by atoms with Gasteiger partial charge < -0.3 is 12.0 Å². The van der Waals surface area contributed by atoms with Gasteiger partial charge in [-0.2, -0.15) is 6.42 Å². The van der Waals surface area contributed by atoms with Crippen molar-refractivity contribution in [3.63, 3.8) is 0 Å². The van der Waals surface area contributed by atoms with E-state index in [0.717, 1.165) is 0 Å². The molecule has 0 saturated heterocycles. The van der Waals surface area contributed by atoms with E-state index >= 15 is 0 Å².